The molecule has 0 radical (unpaired) electrons. The van der Waals surface area contributed by atoms with Crippen LogP contribution >= 0.6 is 15.9 Å². The molecule has 1 saturated heterocycles. The molecule has 92 valence electrons. The minimum Gasteiger partial charge on any atom is -0.492 e. The maximum atomic E-state index is 5.61. The van der Waals surface area contributed by atoms with Gasteiger partial charge in [0.05, 0.1) is 11.1 Å². The third-order valence-corrected chi connectivity index (χ3v) is 4.28. The van der Waals surface area contributed by atoms with E-state index in [0.29, 0.717) is 6.04 Å². The van der Waals surface area contributed by atoms with Crippen LogP contribution in [0.5, 0.6) is 5.75 Å². The van der Waals surface area contributed by atoms with Gasteiger partial charge in [-0.25, -0.2) is 0 Å². The van der Waals surface area contributed by atoms with Crippen molar-refractivity contribution in [2.45, 2.75) is 38.1 Å². The molecule has 0 aromatic heterocycles. The molecule has 3 rings (SSSR count). The Bertz CT molecular complexity index is 413. The van der Waals surface area contributed by atoms with Crippen molar-refractivity contribution in [3.8, 4) is 5.75 Å². The van der Waals surface area contributed by atoms with Crippen molar-refractivity contribution in [3.63, 3.8) is 0 Å². The summed E-state index contributed by atoms with van der Waals surface area (Å²) in [6.45, 7) is 2.01. The van der Waals surface area contributed by atoms with Crippen molar-refractivity contribution in [1.82, 2.24) is 5.32 Å². The monoisotopic (exact) mass is 295 g/mol. The fourth-order valence-electron chi connectivity index (χ4n) is 2.82. The van der Waals surface area contributed by atoms with Gasteiger partial charge < -0.3 is 10.1 Å². The number of hydrogen-bond donors (Lipinski definition) is 1. The molecule has 2 nitrogen and oxygen atoms in total. The molecule has 0 amide bonds. The molecule has 0 aliphatic carbocycles. The van der Waals surface area contributed by atoms with Crippen molar-refractivity contribution in [1.29, 1.82) is 0 Å². The summed E-state index contributed by atoms with van der Waals surface area (Å²) in [5.41, 5.74) is 2.80. The van der Waals surface area contributed by atoms with Crippen molar-refractivity contribution >= 4 is 15.9 Å². The molecule has 1 atom stereocenters. The van der Waals surface area contributed by atoms with Crippen LogP contribution in [0.2, 0.25) is 0 Å². The van der Waals surface area contributed by atoms with Crippen LogP contribution in [0.25, 0.3) is 0 Å². The van der Waals surface area contributed by atoms with Gasteiger partial charge >= 0.3 is 0 Å². The van der Waals surface area contributed by atoms with E-state index in [9.17, 15) is 0 Å². The van der Waals surface area contributed by atoms with Crippen LogP contribution in [-0.2, 0) is 12.8 Å². The van der Waals surface area contributed by atoms with Crippen LogP contribution in [0.1, 0.15) is 30.4 Å². The number of ether oxygens (including phenoxy) is 1. The second kappa shape index (κ2) is 4.99. The van der Waals surface area contributed by atoms with Gasteiger partial charge in [-0.05, 0) is 58.9 Å². The fourth-order valence-corrected chi connectivity index (χ4v) is 3.49. The highest BCUT2D eigenvalue weighted by Gasteiger charge is 2.18. The molecule has 1 aromatic rings. The summed E-state index contributed by atoms with van der Waals surface area (Å²) >= 11 is 3.62. The molecule has 1 aromatic carbocycles. The number of fused-ring (bicyclic) bond motifs is 1. The molecule has 17 heavy (non-hydrogen) atoms. The van der Waals surface area contributed by atoms with E-state index in [-0.39, 0.29) is 0 Å². The molecule has 3 heteroatoms. The Labute approximate surface area is 111 Å². The van der Waals surface area contributed by atoms with E-state index in [0.717, 1.165) is 29.7 Å². The minimum absolute atomic E-state index is 0.663. The molecule has 0 bridgehead atoms. The molecule has 1 unspecified atom stereocenters. The van der Waals surface area contributed by atoms with Crippen LogP contribution in [0, 0.1) is 0 Å². The first-order valence-corrected chi connectivity index (χ1v) is 7.30. The summed E-state index contributed by atoms with van der Waals surface area (Å²) in [6, 6.07) is 5.21. The predicted molar refractivity (Wildman–Crippen MR) is 72.7 cm³/mol. The van der Waals surface area contributed by atoms with Crippen LogP contribution in [-0.4, -0.2) is 19.2 Å². The van der Waals surface area contributed by atoms with Crippen LogP contribution in [0.3, 0.4) is 0 Å². The predicted octanol–water partition coefficient (Wildman–Crippen LogP) is 3.07. The van der Waals surface area contributed by atoms with Crippen LogP contribution in [0.15, 0.2) is 16.6 Å². The first kappa shape index (κ1) is 11.5. The number of rotatable bonds is 2. The van der Waals surface area contributed by atoms with E-state index in [1.54, 1.807) is 0 Å². The lowest BCUT2D eigenvalue weighted by Crippen LogP contribution is -2.35. The van der Waals surface area contributed by atoms with E-state index in [4.69, 9.17) is 4.74 Å². The Morgan fingerprint density at radius 3 is 3.12 bits per heavy atom. The zero-order chi connectivity index (χ0) is 11.7. The zero-order valence-electron chi connectivity index (χ0n) is 9.97. The van der Waals surface area contributed by atoms with E-state index in [1.807, 2.05) is 0 Å². The van der Waals surface area contributed by atoms with E-state index in [1.165, 1.54) is 36.9 Å². The van der Waals surface area contributed by atoms with Gasteiger partial charge in [-0.2, -0.15) is 0 Å². The Balaban J connectivity index is 1.76. The lowest BCUT2D eigenvalue weighted by Gasteiger charge is -2.23. The summed E-state index contributed by atoms with van der Waals surface area (Å²) in [4.78, 5) is 0. The third kappa shape index (κ3) is 2.50. The Hall–Kier alpha value is -0.540. The van der Waals surface area contributed by atoms with E-state index < -0.39 is 0 Å². The SMILES string of the molecule is Brc1cc(CC2CCCCN2)cc2c1OCC2. The van der Waals surface area contributed by atoms with Gasteiger partial charge in [0.2, 0.25) is 0 Å². The second-order valence-corrected chi connectivity index (χ2v) is 5.87. The first-order chi connectivity index (χ1) is 8.33. The molecule has 2 aliphatic rings. The number of hydrogen-bond acceptors (Lipinski definition) is 2. The lowest BCUT2D eigenvalue weighted by atomic mass is 9.96. The Morgan fingerprint density at radius 1 is 1.35 bits per heavy atom. The molecule has 1 fully saturated rings. The quantitative estimate of drug-likeness (QED) is 0.905. The molecular weight excluding hydrogens is 278 g/mol. The average Bonchev–Trinajstić information content (AvgIpc) is 2.79. The minimum atomic E-state index is 0.663. The third-order valence-electron chi connectivity index (χ3n) is 3.69. The van der Waals surface area contributed by atoms with Crippen molar-refractivity contribution < 1.29 is 4.74 Å². The second-order valence-electron chi connectivity index (χ2n) is 5.02. The van der Waals surface area contributed by atoms with Gasteiger partial charge in [0.15, 0.2) is 0 Å². The standard InChI is InChI=1S/C14H18BrNO/c15-13-9-10(7-11-4-6-17-14(11)13)8-12-3-1-2-5-16-12/h7,9,12,16H,1-6,8H2. The molecule has 2 heterocycles. The normalized spacial score (nSPS) is 23.2. The van der Waals surface area contributed by atoms with Gasteiger partial charge in [0.25, 0.3) is 0 Å². The van der Waals surface area contributed by atoms with Crippen LogP contribution in [0.4, 0.5) is 0 Å². The molecule has 1 N–H and O–H groups in total. The topological polar surface area (TPSA) is 21.3 Å². The van der Waals surface area contributed by atoms with Crippen molar-refractivity contribution in [2.75, 3.05) is 13.2 Å². The van der Waals surface area contributed by atoms with Crippen LogP contribution < -0.4 is 10.1 Å². The summed E-state index contributed by atoms with van der Waals surface area (Å²) in [5.74, 6) is 1.06. The number of piperidine rings is 1. The molecule has 0 saturated carbocycles. The highest BCUT2D eigenvalue weighted by molar-refractivity contribution is 9.10. The van der Waals surface area contributed by atoms with Gasteiger partial charge in [0, 0.05) is 12.5 Å². The average molecular weight is 296 g/mol. The smallest absolute Gasteiger partial charge is 0.136 e. The summed E-state index contributed by atoms with van der Waals surface area (Å²) < 4.78 is 6.74. The highest BCUT2D eigenvalue weighted by atomic mass is 79.9. The Kier molecular flexibility index (Phi) is 3.39. The fraction of sp³-hybridized carbons (Fsp3) is 0.571. The highest BCUT2D eigenvalue weighted by Crippen LogP contribution is 2.35. The van der Waals surface area contributed by atoms with E-state index >= 15 is 0 Å². The maximum absolute atomic E-state index is 5.61. The van der Waals surface area contributed by atoms with E-state index in [2.05, 4.69) is 33.4 Å². The van der Waals surface area contributed by atoms with Gasteiger partial charge in [-0.3, -0.25) is 0 Å². The number of halogens is 1. The van der Waals surface area contributed by atoms with Gasteiger partial charge in [-0.15, -0.1) is 0 Å². The lowest BCUT2D eigenvalue weighted by molar-refractivity contribution is 0.355. The first-order valence-electron chi connectivity index (χ1n) is 6.50. The number of nitrogens with one attached hydrogen (secondary N) is 1. The van der Waals surface area contributed by atoms with Crippen molar-refractivity contribution in [3.05, 3.63) is 27.7 Å². The number of benzene rings is 1. The molecule has 0 spiro atoms. The van der Waals surface area contributed by atoms with Crippen molar-refractivity contribution in [2.24, 2.45) is 0 Å². The maximum Gasteiger partial charge on any atom is 0.136 e. The summed E-state index contributed by atoms with van der Waals surface area (Å²) in [7, 11) is 0. The molecular formula is C14H18BrNO. The summed E-state index contributed by atoms with van der Waals surface area (Å²) in [5, 5.41) is 3.61. The zero-order valence-corrected chi connectivity index (χ0v) is 11.6. The van der Waals surface area contributed by atoms with Gasteiger partial charge in [-0.1, -0.05) is 12.5 Å². The largest absolute Gasteiger partial charge is 0.492 e. The Morgan fingerprint density at radius 2 is 2.29 bits per heavy atom. The van der Waals surface area contributed by atoms with Gasteiger partial charge in [0.1, 0.15) is 5.75 Å². The summed E-state index contributed by atoms with van der Waals surface area (Å²) in [6.07, 6.45) is 6.21. The molecule has 2 aliphatic heterocycles.